The molecule has 0 amide bonds. The van der Waals surface area contributed by atoms with E-state index in [9.17, 15) is 9.59 Å². The van der Waals surface area contributed by atoms with Crippen LogP contribution in [0.3, 0.4) is 0 Å². The highest BCUT2D eigenvalue weighted by Crippen LogP contribution is 2.36. The average molecular weight is 208 g/mol. The van der Waals surface area contributed by atoms with Gasteiger partial charge >= 0.3 is 5.97 Å². The summed E-state index contributed by atoms with van der Waals surface area (Å²) in [5, 5.41) is 12.9. The van der Waals surface area contributed by atoms with Crippen LogP contribution in [0.1, 0.15) is 41.1 Å². The van der Waals surface area contributed by atoms with Gasteiger partial charge in [0.25, 0.3) is 5.56 Å². The molecule has 2 rings (SSSR count). The van der Waals surface area contributed by atoms with Crippen LogP contribution in [0.5, 0.6) is 0 Å². The number of carboxylic acids is 1. The molecule has 1 saturated carbocycles. The van der Waals surface area contributed by atoms with E-state index >= 15 is 0 Å². The zero-order valence-corrected chi connectivity index (χ0v) is 8.43. The molecule has 0 saturated heterocycles. The maximum Gasteiger partial charge on any atom is 0.341 e. The summed E-state index contributed by atoms with van der Waals surface area (Å²) in [6.07, 6.45) is 4.51. The predicted molar refractivity (Wildman–Crippen MR) is 53.0 cm³/mol. The average Bonchev–Trinajstić information content (AvgIpc) is 2.08. The highest BCUT2D eigenvalue weighted by atomic mass is 16.4. The topological polar surface area (TPSA) is 72.2 Å². The molecule has 15 heavy (non-hydrogen) atoms. The molecule has 80 valence electrons. The van der Waals surface area contributed by atoms with Crippen molar-refractivity contribution < 1.29 is 9.90 Å². The van der Waals surface area contributed by atoms with Crippen LogP contribution in [0.4, 0.5) is 0 Å². The van der Waals surface area contributed by atoms with E-state index in [0.29, 0.717) is 5.56 Å². The Bertz CT molecular complexity index is 460. The van der Waals surface area contributed by atoms with Gasteiger partial charge < -0.3 is 5.11 Å². The maximum absolute atomic E-state index is 11.6. The van der Waals surface area contributed by atoms with Gasteiger partial charge in [-0.25, -0.2) is 9.48 Å². The smallest absolute Gasteiger partial charge is 0.341 e. The molecule has 5 nitrogen and oxygen atoms in total. The molecule has 0 spiro atoms. The molecule has 0 aromatic carbocycles. The minimum Gasteiger partial charge on any atom is -0.477 e. The van der Waals surface area contributed by atoms with Gasteiger partial charge in [0, 0.05) is 7.05 Å². The Hall–Kier alpha value is -1.65. The van der Waals surface area contributed by atoms with E-state index in [4.69, 9.17) is 5.11 Å². The van der Waals surface area contributed by atoms with Crippen LogP contribution >= 0.6 is 0 Å². The Labute approximate surface area is 86.4 Å². The molecular weight excluding hydrogens is 196 g/mol. The van der Waals surface area contributed by atoms with E-state index in [0.717, 1.165) is 23.9 Å². The number of hydrogen-bond donors (Lipinski definition) is 1. The summed E-state index contributed by atoms with van der Waals surface area (Å²) < 4.78 is 1.06. The van der Waals surface area contributed by atoms with Crippen LogP contribution in [0, 0.1) is 0 Å². The molecule has 1 aliphatic rings. The Morgan fingerprint density at radius 3 is 2.73 bits per heavy atom. The lowest BCUT2D eigenvalue weighted by Gasteiger charge is -2.26. The lowest BCUT2D eigenvalue weighted by Crippen LogP contribution is -2.30. The molecule has 1 aromatic heterocycles. The molecule has 0 aliphatic heterocycles. The van der Waals surface area contributed by atoms with Gasteiger partial charge in [-0.05, 0) is 24.3 Å². The SMILES string of the molecule is Cn1ncc(C2CCC2)c(C(=O)O)c1=O. The van der Waals surface area contributed by atoms with Gasteiger partial charge in [0.15, 0.2) is 0 Å². The maximum atomic E-state index is 11.6. The molecule has 0 atom stereocenters. The number of aromatic carboxylic acids is 1. The lowest BCUT2D eigenvalue weighted by atomic mass is 9.79. The first-order chi connectivity index (χ1) is 7.11. The van der Waals surface area contributed by atoms with E-state index in [2.05, 4.69) is 5.10 Å². The Morgan fingerprint density at radius 1 is 1.60 bits per heavy atom. The molecule has 0 radical (unpaired) electrons. The third-order valence-electron chi connectivity index (χ3n) is 2.93. The van der Waals surface area contributed by atoms with E-state index in [1.807, 2.05) is 0 Å². The second kappa shape index (κ2) is 3.49. The van der Waals surface area contributed by atoms with Crippen molar-refractivity contribution in [1.82, 2.24) is 9.78 Å². The molecule has 1 fully saturated rings. The molecule has 1 aromatic rings. The fraction of sp³-hybridized carbons (Fsp3) is 0.500. The molecule has 5 heteroatoms. The van der Waals surface area contributed by atoms with Gasteiger partial charge in [0.2, 0.25) is 0 Å². The minimum atomic E-state index is -1.15. The quantitative estimate of drug-likeness (QED) is 0.778. The van der Waals surface area contributed by atoms with Gasteiger partial charge in [-0.3, -0.25) is 4.79 Å². The zero-order chi connectivity index (χ0) is 11.0. The van der Waals surface area contributed by atoms with Gasteiger partial charge in [-0.1, -0.05) is 6.42 Å². The van der Waals surface area contributed by atoms with Crippen LogP contribution in [0.2, 0.25) is 0 Å². The third-order valence-corrected chi connectivity index (χ3v) is 2.93. The van der Waals surface area contributed by atoms with Crippen molar-refractivity contribution in [2.24, 2.45) is 7.05 Å². The van der Waals surface area contributed by atoms with Crippen molar-refractivity contribution in [3.05, 3.63) is 27.7 Å². The number of rotatable bonds is 2. The molecule has 1 heterocycles. The van der Waals surface area contributed by atoms with Gasteiger partial charge in [-0.2, -0.15) is 5.10 Å². The normalized spacial score (nSPS) is 16.1. The summed E-state index contributed by atoms with van der Waals surface area (Å²) in [5.41, 5.74) is -0.0408. The van der Waals surface area contributed by atoms with Gasteiger partial charge in [0.1, 0.15) is 5.56 Å². The Balaban J connectivity index is 2.58. The fourth-order valence-electron chi connectivity index (χ4n) is 1.79. The number of carboxylic acid groups (broad SMARTS) is 1. The predicted octanol–water partition coefficient (Wildman–Crippen LogP) is 0.746. The Kier molecular flexibility index (Phi) is 2.30. The van der Waals surface area contributed by atoms with Crippen molar-refractivity contribution in [3.8, 4) is 0 Å². The number of carbonyl (C=O) groups is 1. The minimum absolute atomic E-state index is 0.114. The summed E-state index contributed by atoms with van der Waals surface area (Å²) >= 11 is 0. The van der Waals surface area contributed by atoms with Crippen LogP contribution in [-0.4, -0.2) is 20.9 Å². The molecule has 1 aliphatic carbocycles. The summed E-state index contributed by atoms with van der Waals surface area (Å²) in [6, 6.07) is 0. The number of aryl methyl sites for hydroxylation is 1. The number of hydrogen-bond acceptors (Lipinski definition) is 3. The van der Waals surface area contributed by atoms with Crippen molar-refractivity contribution in [1.29, 1.82) is 0 Å². The number of nitrogens with zero attached hydrogens (tertiary/aromatic N) is 2. The van der Waals surface area contributed by atoms with Crippen molar-refractivity contribution >= 4 is 5.97 Å². The molecule has 0 unspecified atom stereocenters. The van der Waals surface area contributed by atoms with Gasteiger partial charge in [0.05, 0.1) is 6.20 Å². The van der Waals surface area contributed by atoms with Crippen LogP contribution in [0.15, 0.2) is 11.0 Å². The standard InChI is InChI=1S/C10H12N2O3/c1-12-9(13)8(10(14)15)7(5-11-12)6-3-2-4-6/h5-6H,2-4H2,1H3,(H,14,15). The fourth-order valence-corrected chi connectivity index (χ4v) is 1.79. The first-order valence-corrected chi connectivity index (χ1v) is 4.90. The summed E-state index contributed by atoms with van der Waals surface area (Å²) in [5.74, 6) is -0.947. The van der Waals surface area contributed by atoms with E-state index in [-0.39, 0.29) is 11.5 Å². The first-order valence-electron chi connectivity index (χ1n) is 4.90. The number of aromatic nitrogens is 2. The summed E-state index contributed by atoms with van der Waals surface area (Å²) in [4.78, 5) is 22.6. The Morgan fingerprint density at radius 2 is 2.27 bits per heavy atom. The molecule has 0 bridgehead atoms. The largest absolute Gasteiger partial charge is 0.477 e. The highest BCUT2D eigenvalue weighted by Gasteiger charge is 2.27. The second-order valence-corrected chi connectivity index (χ2v) is 3.84. The van der Waals surface area contributed by atoms with Crippen LogP contribution in [0.25, 0.3) is 0 Å². The molecule has 1 N–H and O–H groups in total. The summed E-state index contributed by atoms with van der Waals surface area (Å²) in [7, 11) is 1.46. The monoisotopic (exact) mass is 208 g/mol. The second-order valence-electron chi connectivity index (χ2n) is 3.84. The van der Waals surface area contributed by atoms with E-state index in [1.165, 1.54) is 13.2 Å². The third kappa shape index (κ3) is 1.54. The first kappa shape index (κ1) is 9.89. The van der Waals surface area contributed by atoms with E-state index in [1.54, 1.807) is 0 Å². The van der Waals surface area contributed by atoms with Gasteiger partial charge in [-0.15, -0.1) is 0 Å². The van der Waals surface area contributed by atoms with Crippen LogP contribution < -0.4 is 5.56 Å². The zero-order valence-electron chi connectivity index (χ0n) is 8.43. The van der Waals surface area contributed by atoms with Crippen molar-refractivity contribution in [2.75, 3.05) is 0 Å². The summed E-state index contributed by atoms with van der Waals surface area (Å²) in [6.45, 7) is 0. The van der Waals surface area contributed by atoms with Crippen molar-refractivity contribution in [2.45, 2.75) is 25.2 Å². The lowest BCUT2D eigenvalue weighted by molar-refractivity contribution is 0.0691. The van der Waals surface area contributed by atoms with Crippen LogP contribution in [-0.2, 0) is 7.05 Å². The highest BCUT2D eigenvalue weighted by molar-refractivity contribution is 5.89. The van der Waals surface area contributed by atoms with Crippen molar-refractivity contribution in [3.63, 3.8) is 0 Å². The van der Waals surface area contributed by atoms with E-state index < -0.39 is 11.5 Å². The molecular formula is C10H12N2O3.